The third-order valence-corrected chi connectivity index (χ3v) is 3.10. The topological polar surface area (TPSA) is 64.3 Å². The predicted molar refractivity (Wildman–Crippen MR) is 81.6 cm³/mol. The van der Waals surface area contributed by atoms with Crippen molar-refractivity contribution in [3.63, 3.8) is 0 Å². The number of carbonyl (C=O) groups is 1. The summed E-state index contributed by atoms with van der Waals surface area (Å²) >= 11 is 0. The Morgan fingerprint density at radius 2 is 2.00 bits per heavy atom. The van der Waals surface area contributed by atoms with E-state index in [9.17, 15) is 4.79 Å². The Bertz CT molecular complexity index is 390. The molecule has 0 aliphatic heterocycles. The molecule has 1 atom stereocenters. The van der Waals surface area contributed by atoms with Crippen LogP contribution in [0.4, 0.5) is 0 Å². The molecule has 0 aliphatic rings. The van der Waals surface area contributed by atoms with Crippen LogP contribution in [-0.4, -0.2) is 18.6 Å². The number of rotatable bonds is 10. The van der Waals surface area contributed by atoms with E-state index in [4.69, 9.17) is 10.5 Å². The van der Waals surface area contributed by atoms with Crippen LogP contribution in [0.1, 0.15) is 45.1 Å². The molecule has 20 heavy (non-hydrogen) atoms. The van der Waals surface area contributed by atoms with E-state index in [2.05, 4.69) is 12.2 Å². The fourth-order valence-corrected chi connectivity index (χ4v) is 1.91. The quantitative estimate of drug-likeness (QED) is 0.647. The fraction of sp³-hybridized carbons (Fsp3) is 0.562. The van der Waals surface area contributed by atoms with Gasteiger partial charge in [0.05, 0.1) is 6.61 Å². The van der Waals surface area contributed by atoms with Gasteiger partial charge in [-0.15, -0.1) is 0 Å². The van der Waals surface area contributed by atoms with E-state index >= 15 is 0 Å². The van der Waals surface area contributed by atoms with Crippen molar-refractivity contribution in [2.24, 2.45) is 5.73 Å². The lowest BCUT2D eigenvalue weighted by Gasteiger charge is -2.12. The maximum atomic E-state index is 10.8. The first-order valence-corrected chi connectivity index (χ1v) is 7.35. The minimum absolute atomic E-state index is 0.0949. The molecular formula is C16H26N2O2. The van der Waals surface area contributed by atoms with Gasteiger partial charge >= 0.3 is 0 Å². The van der Waals surface area contributed by atoms with Crippen molar-refractivity contribution in [1.29, 1.82) is 0 Å². The molecule has 0 saturated carbocycles. The summed E-state index contributed by atoms with van der Waals surface area (Å²) in [5.41, 5.74) is 6.32. The van der Waals surface area contributed by atoms with E-state index in [1.807, 2.05) is 31.2 Å². The van der Waals surface area contributed by atoms with Gasteiger partial charge in [-0.25, -0.2) is 0 Å². The first-order chi connectivity index (χ1) is 9.61. The summed E-state index contributed by atoms with van der Waals surface area (Å²) in [4.78, 5) is 10.8. The summed E-state index contributed by atoms with van der Waals surface area (Å²) in [6.45, 7) is 5.64. The zero-order chi connectivity index (χ0) is 14.8. The van der Waals surface area contributed by atoms with Crippen LogP contribution in [0.25, 0.3) is 0 Å². The molecule has 112 valence electrons. The fourth-order valence-electron chi connectivity index (χ4n) is 1.91. The van der Waals surface area contributed by atoms with Gasteiger partial charge in [-0.1, -0.05) is 31.9 Å². The highest BCUT2D eigenvalue weighted by Gasteiger charge is 2.05. The first kappa shape index (κ1) is 16.5. The number of hydrogen-bond donors (Lipinski definition) is 2. The van der Waals surface area contributed by atoms with Crippen molar-refractivity contribution >= 4 is 5.91 Å². The molecule has 0 heterocycles. The smallest absolute Gasteiger partial charge is 0.218 e. The summed E-state index contributed by atoms with van der Waals surface area (Å²) in [5.74, 6) is 0.635. The molecule has 0 spiro atoms. The molecule has 1 unspecified atom stereocenters. The van der Waals surface area contributed by atoms with Gasteiger partial charge < -0.3 is 15.8 Å². The summed E-state index contributed by atoms with van der Waals surface area (Å²) < 4.78 is 5.66. The first-order valence-electron chi connectivity index (χ1n) is 7.35. The predicted octanol–water partition coefficient (Wildman–Crippen LogP) is 2.61. The van der Waals surface area contributed by atoms with Gasteiger partial charge in [0.2, 0.25) is 5.91 Å². The lowest BCUT2D eigenvalue weighted by atomic mass is 10.2. The van der Waals surface area contributed by atoms with Gasteiger partial charge in [0, 0.05) is 19.0 Å². The zero-order valence-corrected chi connectivity index (χ0v) is 12.5. The molecule has 0 radical (unpaired) electrons. The highest BCUT2D eigenvalue weighted by atomic mass is 16.5. The maximum Gasteiger partial charge on any atom is 0.218 e. The molecule has 1 rings (SSSR count). The lowest BCUT2D eigenvalue weighted by Crippen LogP contribution is -2.30. The van der Waals surface area contributed by atoms with Crippen LogP contribution in [0.3, 0.4) is 0 Å². The lowest BCUT2D eigenvalue weighted by molar-refractivity contribution is -0.118. The monoisotopic (exact) mass is 278 g/mol. The molecule has 0 saturated heterocycles. The number of hydrogen-bond acceptors (Lipinski definition) is 3. The molecular weight excluding hydrogens is 252 g/mol. The molecule has 4 heteroatoms. The number of nitrogens with two attached hydrogens (primary N) is 1. The summed E-state index contributed by atoms with van der Waals surface area (Å²) in [6, 6.07) is 8.15. The number of ether oxygens (including phenoxy) is 1. The van der Waals surface area contributed by atoms with Crippen molar-refractivity contribution in [2.75, 3.05) is 6.61 Å². The van der Waals surface area contributed by atoms with Crippen molar-refractivity contribution < 1.29 is 9.53 Å². The molecule has 4 nitrogen and oxygen atoms in total. The van der Waals surface area contributed by atoms with Crippen LogP contribution in [-0.2, 0) is 11.3 Å². The van der Waals surface area contributed by atoms with Crippen LogP contribution < -0.4 is 15.8 Å². The van der Waals surface area contributed by atoms with Gasteiger partial charge in [0.15, 0.2) is 0 Å². The molecule has 3 N–H and O–H groups in total. The van der Waals surface area contributed by atoms with Crippen molar-refractivity contribution in [3.05, 3.63) is 29.8 Å². The van der Waals surface area contributed by atoms with Gasteiger partial charge in [-0.05, 0) is 31.0 Å². The zero-order valence-electron chi connectivity index (χ0n) is 12.5. The van der Waals surface area contributed by atoms with Gasteiger partial charge in [0.25, 0.3) is 0 Å². The minimum atomic E-state index is -0.277. The van der Waals surface area contributed by atoms with Gasteiger partial charge in [-0.2, -0.15) is 0 Å². The van der Waals surface area contributed by atoms with Gasteiger partial charge in [-0.3, -0.25) is 4.79 Å². The average molecular weight is 278 g/mol. The molecule has 0 aromatic heterocycles. The minimum Gasteiger partial charge on any atom is -0.494 e. The van der Waals surface area contributed by atoms with Crippen LogP contribution in [0.2, 0.25) is 0 Å². The molecule has 1 amide bonds. The van der Waals surface area contributed by atoms with Crippen molar-refractivity contribution in [2.45, 2.75) is 52.1 Å². The summed E-state index contributed by atoms with van der Waals surface area (Å²) in [6.07, 6.45) is 3.88. The largest absolute Gasteiger partial charge is 0.494 e. The summed E-state index contributed by atoms with van der Waals surface area (Å²) in [5, 5.41) is 3.27. The Hall–Kier alpha value is -1.55. The molecule has 1 aromatic rings. The SMILES string of the molecule is CCCCCOc1ccc(CNC(C)CC(N)=O)cc1. The van der Waals surface area contributed by atoms with E-state index in [-0.39, 0.29) is 11.9 Å². The highest BCUT2D eigenvalue weighted by molar-refractivity contribution is 5.74. The van der Waals surface area contributed by atoms with E-state index in [0.29, 0.717) is 6.42 Å². The normalized spacial score (nSPS) is 12.1. The molecule has 0 bridgehead atoms. The third-order valence-electron chi connectivity index (χ3n) is 3.10. The van der Waals surface area contributed by atoms with Gasteiger partial charge in [0.1, 0.15) is 5.75 Å². The number of nitrogens with one attached hydrogen (secondary N) is 1. The molecule has 0 fully saturated rings. The van der Waals surface area contributed by atoms with E-state index < -0.39 is 0 Å². The standard InChI is InChI=1S/C16H26N2O2/c1-3-4-5-10-20-15-8-6-14(7-9-15)12-18-13(2)11-16(17)19/h6-9,13,18H,3-5,10-12H2,1-2H3,(H2,17,19). The van der Waals surface area contributed by atoms with Crippen molar-refractivity contribution in [3.8, 4) is 5.75 Å². The molecule has 1 aromatic carbocycles. The maximum absolute atomic E-state index is 10.8. The molecule has 0 aliphatic carbocycles. The van der Waals surface area contributed by atoms with Crippen molar-refractivity contribution in [1.82, 2.24) is 5.32 Å². The van der Waals surface area contributed by atoms with Crippen LogP contribution in [0, 0.1) is 0 Å². The van der Waals surface area contributed by atoms with Crippen LogP contribution >= 0.6 is 0 Å². The van der Waals surface area contributed by atoms with Crippen LogP contribution in [0.5, 0.6) is 5.75 Å². The Kier molecular flexibility index (Phi) is 7.73. The Balaban J connectivity index is 2.29. The van der Waals surface area contributed by atoms with E-state index in [0.717, 1.165) is 25.3 Å². The second-order valence-electron chi connectivity index (χ2n) is 5.15. The highest BCUT2D eigenvalue weighted by Crippen LogP contribution is 2.13. The second kappa shape index (κ2) is 9.37. The van der Waals surface area contributed by atoms with E-state index in [1.54, 1.807) is 0 Å². The second-order valence-corrected chi connectivity index (χ2v) is 5.15. The van der Waals surface area contributed by atoms with E-state index in [1.165, 1.54) is 18.4 Å². The summed E-state index contributed by atoms with van der Waals surface area (Å²) in [7, 11) is 0. The van der Waals surface area contributed by atoms with Crippen LogP contribution in [0.15, 0.2) is 24.3 Å². The number of carbonyl (C=O) groups excluding carboxylic acids is 1. The number of benzene rings is 1. The third kappa shape index (κ3) is 7.14. The number of amides is 1. The Morgan fingerprint density at radius 1 is 1.30 bits per heavy atom. The Morgan fingerprint density at radius 3 is 2.60 bits per heavy atom. The number of primary amides is 1. The number of unbranched alkanes of at least 4 members (excludes halogenated alkanes) is 2. The average Bonchev–Trinajstić information content (AvgIpc) is 2.42. The Labute approximate surface area is 121 Å².